The molecule has 8 heteroatoms. The summed E-state index contributed by atoms with van der Waals surface area (Å²) >= 11 is 12.1. The fourth-order valence-corrected chi connectivity index (χ4v) is 3.00. The molecule has 0 aliphatic carbocycles. The average molecular weight is 419 g/mol. The highest BCUT2D eigenvalue weighted by Crippen LogP contribution is 2.34. The van der Waals surface area contributed by atoms with Gasteiger partial charge in [0.2, 0.25) is 0 Å². The van der Waals surface area contributed by atoms with E-state index in [0.29, 0.717) is 11.3 Å². The summed E-state index contributed by atoms with van der Waals surface area (Å²) in [6, 6.07) is 10.5. The molecular weight excluding hydrogens is 403 g/mol. The van der Waals surface area contributed by atoms with Crippen LogP contribution >= 0.6 is 23.2 Å². The van der Waals surface area contributed by atoms with Crippen molar-refractivity contribution in [1.29, 1.82) is 0 Å². The number of rotatable bonds is 4. The number of carbonyl (C=O) groups is 3. The molecular formula is C20H16Cl2N2O4. The zero-order chi connectivity index (χ0) is 20.4. The summed E-state index contributed by atoms with van der Waals surface area (Å²) in [7, 11) is 0. The van der Waals surface area contributed by atoms with Gasteiger partial charge in [-0.15, -0.1) is 0 Å². The molecule has 144 valence electrons. The Balaban J connectivity index is 1.96. The van der Waals surface area contributed by atoms with E-state index in [4.69, 9.17) is 27.9 Å². The third kappa shape index (κ3) is 4.03. The molecule has 3 rings (SSSR count). The van der Waals surface area contributed by atoms with Crippen molar-refractivity contribution in [2.24, 2.45) is 0 Å². The lowest BCUT2D eigenvalue weighted by Gasteiger charge is -2.27. The Morgan fingerprint density at radius 1 is 1.04 bits per heavy atom. The molecule has 1 saturated heterocycles. The summed E-state index contributed by atoms with van der Waals surface area (Å²) < 4.78 is 5.57. The molecule has 1 heterocycles. The van der Waals surface area contributed by atoms with Gasteiger partial charge in [-0.25, -0.2) is 9.69 Å². The normalized spacial score (nSPS) is 16.0. The Kier molecular flexibility index (Phi) is 5.72. The number of carbonyl (C=O) groups excluding carboxylic acids is 3. The van der Waals surface area contributed by atoms with E-state index in [1.165, 1.54) is 18.2 Å². The number of urea groups is 1. The first-order chi connectivity index (χ1) is 13.3. The van der Waals surface area contributed by atoms with Gasteiger partial charge in [-0.3, -0.25) is 14.9 Å². The fourth-order valence-electron chi connectivity index (χ4n) is 2.62. The van der Waals surface area contributed by atoms with Gasteiger partial charge in [0, 0.05) is 0 Å². The zero-order valence-corrected chi connectivity index (χ0v) is 16.5. The Hall–Kier alpha value is -2.83. The van der Waals surface area contributed by atoms with Gasteiger partial charge in [0.25, 0.3) is 11.8 Å². The lowest BCUT2D eigenvalue weighted by atomic mass is 10.1. The van der Waals surface area contributed by atoms with E-state index in [-0.39, 0.29) is 27.4 Å². The number of ether oxygens (including phenoxy) is 1. The molecule has 0 bridgehead atoms. The monoisotopic (exact) mass is 418 g/mol. The predicted molar refractivity (Wildman–Crippen MR) is 108 cm³/mol. The first-order valence-corrected chi connectivity index (χ1v) is 9.15. The standard InChI is InChI=1S/C20H16Cl2N2O4/c1-11(2)28-13-8-6-12(7-9-13)10-14-18(25)23-20(27)24(19(14)26)16-5-3-4-15(21)17(16)22/h3-11H,1-2H3,(H,23,25,27)/b14-10+. The third-order valence-corrected chi connectivity index (χ3v) is 4.65. The first-order valence-electron chi connectivity index (χ1n) is 8.40. The van der Waals surface area contributed by atoms with Crippen molar-refractivity contribution in [2.75, 3.05) is 4.90 Å². The van der Waals surface area contributed by atoms with Gasteiger partial charge in [0.15, 0.2) is 0 Å². The Labute approximate surface area is 171 Å². The Bertz CT molecular complexity index is 984. The van der Waals surface area contributed by atoms with Gasteiger partial charge in [-0.2, -0.15) is 0 Å². The Morgan fingerprint density at radius 3 is 2.36 bits per heavy atom. The molecule has 2 aromatic rings. The van der Waals surface area contributed by atoms with Crippen LogP contribution in [0.5, 0.6) is 5.75 Å². The molecule has 1 aliphatic rings. The number of hydrogen-bond acceptors (Lipinski definition) is 4. The van der Waals surface area contributed by atoms with Crippen LogP contribution in [0, 0.1) is 0 Å². The number of benzene rings is 2. The summed E-state index contributed by atoms with van der Waals surface area (Å²) in [6.07, 6.45) is 1.42. The largest absolute Gasteiger partial charge is 0.491 e. The number of nitrogens with one attached hydrogen (secondary N) is 1. The minimum Gasteiger partial charge on any atom is -0.491 e. The maximum absolute atomic E-state index is 12.9. The van der Waals surface area contributed by atoms with E-state index in [9.17, 15) is 14.4 Å². The number of amides is 4. The van der Waals surface area contributed by atoms with Crippen LogP contribution in [0.1, 0.15) is 19.4 Å². The van der Waals surface area contributed by atoms with Crippen molar-refractivity contribution >= 4 is 52.8 Å². The number of imide groups is 2. The molecule has 0 spiro atoms. The molecule has 0 aromatic heterocycles. The van der Waals surface area contributed by atoms with Gasteiger partial charge in [-0.1, -0.05) is 41.4 Å². The molecule has 0 unspecified atom stereocenters. The van der Waals surface area contributed by atoms with Crippen LogP contribution in [0.3, 0.4) is 0 Å². The number of barbiturate groups is 1. The van der Waals surface area contributed by atoms with Crippen LogP contribution in [0.15, 0.2) is 48.0 Å². The van der Waals surface area contributed by atoms with Crippen molar-refractivity contribution in [3.63, 3.8) is 0 Å². The summed E-state index contributed by atoms with van der Waals surface area (Å²) in [6.45, 7) is 3.82. The molecule has 4 amide bonds. The second-order valence-corrected chi connectivity index (χ2v) is 7.05. The van der Waals surface area contributed by atoms with Gasteiger partial charge >= 0.3 is 6.03 Å². The van der Waals surface area contributed by atoms with Crippen molar-refractivity contribution < 1.29 is 19.1 Å². The van der Waals surface area contributed by atoms with Crippen molar-refractivity contribution in [3.8, 4) is 5.75 Å². The van der Waals surface area contributed by atoms with Crippen molar-refractivity contribution in [3.05, 3.63) is 63.6 Å². The second kappa shape index (κ2) is 8.04. The van der Waals surface area contributed by atoms with E-state index in [1.807, 2.05) is 13.8 Å². The molecule has 2 aromatic carbocycles. The van der Waals surface area contributed by atoms with Crippen LogP contribution in [-0.2, 0) is 9.59 Å². The van der Waals surface area contributed by atoms with Gasteiger partial charge in [0.1, 0.15) is 11.3 Å². The SMILES string of the molecule is CC(C)Oc1ccc(/C=C2\C(=O)NC(=O)N(c3cccc(Cl)c3Cl)C2=O)cc1. The second-order valence-electron chi connectivity index (χ2n) is 6.27. The molecule has 1 N–H and O–H groups in total. The minimum absolute atomic E-state index is 0.0249. The smallest absolute Gasteiger partial charge is 0.336 e. The van der Waals surface area contributed by atoms with E-state index in [1.54, 1.807) is 30.3 Å². The quantitative estimate of drug-likeness (QED) is 0.587. The van der Waals surface area contributed by atoms with E-state index in [2.05, 4.69) is 5.32 Å². The van der Waals surface area contributed by atoms with Crippen molar-refractivity contribution in [2.45, 2.75) is 20.0 Å². The highest BCUT2D eigenvalue weighted by molar-refractivity contribution is 6.46. The maximum Gasteiger partial charge on any atom is 0.336 e. The Morgan fingerprint density at radius 2 is 1.71 bits per heavy atom. The number of halogens is 2. The first kappa shape index (κ1) is 19.9. The maximum atomic E-state index is 12.9. The van der Waals surface area contributed by atoms with E-state index in [0.717, 1.165) is 4.90 Å². The van der Waals surface area contributed by atoms with Crippen LogP contribution in [0.25, 0.3) is 6.08 Å². The molecule has 0 radical (unpaired) electrons. The summed E-state index contributed by atoms with van der Waals surface area (Å²) in [5.74, 6) is -0.911. The molecule has 1 fully saturated rings. The van der Waals surface area contributed by atoms with Gasteiger partial charge in [0.05, 0.1) is 21.8 Å². The van der Waals surface area contributed by atoms with Gasteiger partial charge in [-0.05, 0) is 49.8 Å². The number of anilines is 1. The summed E-state index contributed by atoms with van der Waals surface area (Å²) in [5.41, 5.74) is 0.491. The number of nitrogens with zero attached hydrogens (tertiary/aromatic N) is 1. The highest BCUT2D eigenvalue weighted by Gasteiger charge is 2.37. The highest BCUT2D eigenvalue weighted by atomic mass is 35.5. The molecule has 6 nitrogen and oxygen atoms in total. The van der Waals surface area contributed by atoms with Crippen LogP contribution < -0.4 is 15.0 Å². The van der Waals surface area contributed by atoms with Crippen molar-refractivity contribution in [1.82, 2.24) is 5.32 Å². The molecule has 0 atom stereocenters. The lowest BCUT2D eigenvalue weighted by molar-refractivity contribution is -0.122. The fraction of sp³-hybridized carbons (Fsp3) is 0.150. The minimum atomic E-state index is -0.892. The summed E-state index contributed by atoms with van der Waals surface area (Å²) in [4.78, 5) is 38.1. The third-order valence-electron chi connectivity index (χ3n) is 3.84. The van der Waals surface area contributed by atoms with Crippen LogP contribution in [0.4, 0.5) is 10.5 Å². The molecule has 28 heavy (non-hydrogen) atoms. The zero-order valence-electron chi connectivity index (χ0n) is 15.0. The van der Waals surface area contributed by atoms with E-state index < -0.39 is 17.8 Å². The molecule has 1 aliphatic heterocycles. The molecule has 0 saturated carbocycles. The van der Waals surface area contributed by atoms with Crippen LogP contribution in [0.2, 0.25) is 10.0 Å². The van der Waals surface area contributed by atoms with Crippen LogP contribution in [-0.4, -0.2) is 23.9 Å². The topological polar surface area (TPSA) is 75.7 Å². The average Bonchev–Trinajstić information content (AvgIpc) is 2.63. The summed E-state index contributed by atoms with van der Waals surface area (Å²) in [5, 5.41) is 2.37. The predicted octanol–water partition coefficient (Wildman–Crippen LogP) is 4.45. The van der Waals surface area contributed by atoms with E-state index >= 15 is 0 Å². The van der Waals surface area contributed by atoms with Gasteiger partial charge < -0.3 is 4.74 Å². The lowest BCUT2D eigenvalue weighted by Crippen LogP contribution is -2.54. The number of hydrogen-bond donors (Lipinski definition) is 1.